The molecule has 0 unspecified atom stereocenters. The van der Waals surface area contributed by atoms with Gasteiger partial charge in [0.2, 0.25) is 0 Å². The first-order valence-corrected chi connectivity index (χ1v) is 8.91. The fourth-order valence-electron chi connectivity index (χ4n) is 5.39. The van der Waals surface area contributed by atoms with Gasteiger partial charge in [-0.05, 0) is 79.1 Å². The molecule has 0 atom stereocenters. The van der Waals surface area contributed by atoms with Crippen LogP contribution in [0.25, 0.3) is 0 Å². The molecule has 0 radical (unpaired) electrons. The van der Waals surface area contributed by atoms with Crippen LogP contribution in [0.2, 0.25) is 0 Å². The fourth-order valence-corrected chi connectivity index (χ4v) is 5.87. The normalized spacial score (nSPS) is 37.0. The summed E-state index contributed by atoms with van der Waals surface area (Å²) >= 11 is 3.47. The number of aromatic nitrogens is 2. The summed E-state index contributed by atoms with van der Waals surface area (Å²) in [6.45, 7) is 2.73. The Kier molecular flexibility index (Phi) is 3.18. The van der Waals surface area contributed by atoms with Crippen molar-refractivity contribution in [2.45, 2.75) is 57.5 Å². The van der Waals surface area contributed by atoms with E-state index in [9.17, 15) is 4.79 Å². The summed E-state index contributed by atoms with van der Waals surface area (Å²) in [4.78, 5) is 12.8. The van der Waals surface area contributed by atoms with E-state index in [4.69, 9.17) is 0 Å². The Morgan fingerprint density at radius 2 is 1.90 bits per heavy atom. The number of aryl methyl sites for hydroxylation is 1. The lowest BCUT2D eigenvalue weighted by Gasteiger charge is -2.56. The number of nitrogens with one attached hydrogen (secondary N) is 1. The van der Waals surface area contributed by atoms with Gasteiger partial charge in [0, 0.05) is 12.1 Å². The summed E-state index contributed by atoms with van der Waals surface area (Å²) in [6.07, 6.45) is 9.45. The van der Waals surface area contributed by atoms with Gasteiger partial charge in [-0.2, -0.15) is 5.10 Å². The van der Waals surface area contributed by atoms with E-state index in [1.54, 1.807) is 10.9 Å². The fraction of sp³-hybridized carbons (Fsp3) is 0.750. The highest BCUT2D eigenvalue weighted by Crippen LogP contribution is 2.55. The van der Waals surface area contributed by atoms with Crippen molar-refractivity contribution in [3.8, 4) is 0 Å². The zero-order valence-corrected chi connectivity index (χ0v) is 14.0. The third-order valence-corrected chi connectivity index (χ3v) is 6.31. The number of hydrogen-bond donors (Lipinski definition) is 1. The maximum Gasteiger partial charge on any atom is 0.271 e. The minimum Gasteiger partial charge on any atom is -0.345 e. The lowest BCUT2D eigenvalue weighted by atomic mass is 9.53. The Hall–Kier alpha value is -0.840. The van der Waals surface area contributed by atoms with Crippen molar-refractivity contribution in [3.63, 3.8) is 0 Å². The first-order chi connectivity index (χ1) is 10.1. The molecule has 1 aromatic heterocycles. The zero-order valence-electron chi connectivity index (χ0n) is 12.4. The molecule has 0 saturated heterocycles. The number of carbonyl (C=O) groups excluding carboxylic acids is 1. The van der Waals surface area contributed by atoms with Crippen LogP contribution in [0, 0.1) is 17.8 Å². The zero-order chi connectivity index (χ0) is 14.6. The van der Waals surface area contributed by atoms with Gasteiger partial charge in [0.1, 0.15) is 5.69 Å². The van der Waals surface area contributed by atoms with E-state index < -0.39 is 0 Å². The smallest absolute Gasteiger partial charge is 0.271 e. The predicted octanol–water partition coefficient (Wildman–Crippen LogP) is 3.36. The largest absolute Gasteiger partial charge is 0.345 e. The summed E-state index contributed by atoms with van der Waals surface area (Å²) in [6, 6.07) is 0. The number of carbonyl (C=O) groups is 1. The Morgan fingerprint density at radius 1 is 1.33 bits per heavy atom. The van der Waals surface area contributed by atoms with E-state index in [-0.39, 0.29) is 11.4 Å². The SMILES string of the molecule is CCn1ncc(Br)c1C(=O)NC12CC3CC(CC(C3)C1)C2. The number of nitrogens with zero attached hydrogens (tertiary/aromatic N) is 2. The third-order valence-electron chi connectivity index (χ3n) is 5.73. The highest BCUT2D eigenvalue weighted by Gasteiger charge is 2.51. The Bertz CT molecular complexity index is 545. The van der Waals surface area contributed by atoms with Crippen molar-refractivity contribution < 1.29 is 4.79 Å². The van der Waals surface area contributed by atoms with Crippen LogP contribution in [0.15, 0.2) is 10.7 Å². The van der Waals surface area contributed by atoms with Crippen LogP contribution in [0.5, 0.6) is 0 Å². The van der Waals surface area contributed by atoms with Gasteiger partial charge in [0.05, 0.1) is 10.7 Å². The lowest BCUT2D eigenvalue weighted by molar-refractivity contribution is -0.0168. The molecule has 21 heavy (non-hydrogen) atoms. The summed E-state index contributed by atoms with van der Waals surface area (Å²) < 4.78 is 2.58. The van der Waals surface area contributed by atoms with E-state index in [0.29, 0.717) is 5.69 Å². The molecule has 4 nitrogen and oxygen atoms in total. The Balaban J connectivity index is 1.58. The predicted molar refractivity (Wildman–Crippen MR) is 84.0 cm³/mol. The van der Waals surface area contributed by atoms with Gasteiger partial charge in [-0.1, -0.05) is 0 Å². The molecule has 1 amide bonds. The second-order valence-corrected chi connectivity index (χ2v) is 8.16. The van der Waals surface area contributed by atoms with E-state index in [1.165, 1.54) is 38.5 Å². The van der Waals surface area contributed by atoms with Crippen molar-refractivity contribution >= 4 is 21.8 Å². The second-order valence-electron chi connectivity index (χ2n) is 7.31. The Labute approximate surface area is 133 Å². The Morgan fingerprint density at radius 3 is 2.43 bits per heavy atom. The molecule has 0 spiro atoms. The van der Waals surface area contributed by atoms with E-state index in [0.717, 1.165) is 28.8 Å². The minimum absolute atomic E-state index is 0.0446. The van der Waals surface area contributed by atoms with Crippen LogP contribution in [0.3, 0.4) is 0 Å². The van der Waals surface area contributed by atoms with Gasteiger partial charge >= 0.3 is 0 Å². The van der Waals surface area contributed by atoms with Crippen molar-refractivity contribution in [1.29, 1.82) is 0 Å². The molecule has 5 rings (SSSR count). The van der Waals surface area contributed by atoms with Gasteiger partial charge in [-0.3, -0.25) is 9.48 Å². The molecule has 0 aliphatic heterocycles. The van der Waals surface area contributed by atoms with Crippen LogP contribution in [0.4, 0.5) is 0 Å². The molecule has 1 heterocycles. The number of amides is 1. The van der Waals surface area contributed by atoms with Crippen LogP contribution < -0.4 is 5.32 Å². The second kappa shape index (κ2) is 4.83. The van der Waals surface area contributed by atoms with Crippen LogP contribution in [0.1, 0.15) is 55.9 Å². The van der Waals surface area contributed by atoms with Crippen LogP contribution >= 0.6 is 15.9 Å². The number of halogens is 1. The summed E-state index contributed by atoms with van der Waals surface area (Å²) in [5.74, 6) is 2.58. The molecular weight excluding hydrogens is 330 g/mol. The molecule has 1 aromatic rings. The third kappa shape index (κ3) is 2.24. The van der Waals surface area contributed by atoms with Crippen LogP contribution in [-0.2, 0) is 6.54 Å². The first kappa shape index (κ1) is 13.8. The van der Waals surface area contributed by atoms with Crippen molar-refractivity contribution in [2.75, 3.05) is 0 Å². The minimum atomic E-state index is 0.0446. The quantitative estimate of drug-likeness (QED) is 0.907. The standard InChI is InChI=1S/C16H22BrN3O/c1-2-20-14(13(17)9-18-20)15(21)19-16-6-10-3-11(7-16)5-12(4-10)8-16/h9-12H,2-8H2,1H3,(H,19,21). The van der Waals surface area contributed by atoms with E-state index in [2.05, 4.69) is 26.3 Å². The molecule has 4 aliphatic carbocycles. The van der Waals surface area contributed by atoms with E-state index >= 15 is 0 Å². The lowest BCUT2D eigenvalue weighted by Crippen LogP contribution is -2.60. The number of hydrogen-bond acceptors (Lipinski definition) is 2. The summed E-state index contributed by atoms with van der Waals surface area (Å²) in [5.41, 5.74) is 0.738. The van der Waals surface area contributed by atoms with Gasteiger partial charge in [-0.15, -0.1) is 0 Å². The highest BCUT2D eigenvalue weighted by atomic mass is 79.9. The van der Waals surface area contributed by atoms with Gasteiger partial charge in [0.25, 0.3) is 5.91 Å². The van der Waals surface area contributed by atoms with E-state index in [1.807, 2.05) is 6.92 Å². The molecule has 114 valence electrons. The van der Waals surface area contributed by atoms with Gasteiger partial charge in [-0.25, -0.2) is 0 Å². The number of rotatable bonds is 3. The first-order valence-electron chi connectivity index (χ1n) is 8.12. The maximum absolute atomic E-state index is 12.8. The topological polar surface area (TPSA) is 46.9 Å². The monoisotopic (exact) mass is 351 g/mol. The molecule has 5 heteroatoms. The summed E-state index contributed by atoms with van der Waals surface area (Å²) in [7, 11) is 0. The maximum atomic E-state index is 12.8. The average molecular weight is 352 g/mol. The van der Waals surface area contributed by atoms with Crippen molar-refractivity contribution in [2.24, 2.45) is 17.8 Å². The molecule has 4 fully saturated rings. The highest BCUT2D eigenvalue weighted by molar-refractivity contribution is 9.10. The molecular formula is C16H22BrN3O. The van der Waals surface area contributed by atoms with Crippen molar-refractivity contribution in [1.82, 2.24) is 15.1 Å². The van der Waals surface area contributed by atoms with Gasteiger partial charge < -0.3 is 5.32 Å². The molecule has 4 saturated carbocycles. The van der Waals surface area contributed by atoms with Crippen molar-refractivity contribution in [3.05, 3.63) is 16.4 Å². The summed E-state index contributed by atoms with van der Waals surface area (Å²) in [5, 5.41) is 7.67. The average Bonchev–Trinajstić information content (AvgIpc) is 2.77. The molecule has 4 bridgehead atoms. The molecule has 0 aromatic carbocycles. The molecule has 1 N–H and O–H groups in total. The van der Waals surface area contributed by atoms with Gasteiger partial charge in [0.15, 0.2) is 0 Å². The van der Waals surface area contributed by atoms with Crippen LogP contribution in [-0.4, -0.2) is 21.2 Å². The molecule has 4 aliphatic rings.